The van der Waals surface area contributed by atoms with E-state index in [1.54, 1.807) is 0 Å². The molecule has 0 aromatic heterocycles. The van der Waals surface area contributed by atoms with Gasteiger partial charge < -0.3 is 0 Å². The summed E-state index contributed by atoms with van der Waals surface area (Å²) in [7, 11) is -0.715. The highest BCUT2D eigenvalue weighted by molar-refractivity contribution is 6.53. The summed E-state index contributed by atoms with van der Waals surface area (Å²) in [5, 5.41) is 0.720. The predicted octanol–water partition coefficient (Wildman–Crippen LogP) is 5.73. The molecule has 2 fully saturated rings. The quantitative estimate of drug-likeness (QED) is 0.435. The Morgan fingerprint density at radius 3 is 1.81 bits per heavy atom. The minimum atomic E-state index is -1.34. The van der Waals surface area contributed by atoms with Crippen molar-refractivity contribution in [3.63, 3.8) is 0 Å². The number of hydrogen-bond donors (Lipinski definition) is 0. The minimum Gasteiger partial charge on any atom is -0.204 e. The van der Waals surface area contributed by atoms with Crippen molar-refractivity contribution in [1.82, 2.24) is 0 Å². The first-order chi connectivity index (χ1) is 12.6. The second kappa shape index (κ2) is 9.43. The van der Waals surface area contributed by atoms with Crippen LogP contribution in [0.3, 0.4) is 0 Å². The number of hydrogen-bond acceptors (Lipinski definition) is 0. The van der Waals surface area contributed by atoms with E-state index >= 15 is 0 Å². The van der Waals surface area contributed by atoms with Gasteiger partial charge in [0.1, 0.15) is 0 Å². The molecule has 0 aliphatic heterocycles. The van der Waals surface area contributed by atoms with Crippen molar-refractivity contribution >= 4 is 14.7 Å². The molecule has 0 amide bonds. The van der Waals surface area contributed by atoms with Crippen LogP contribution in [-0.2, 0) is 0 Å². The highest BCUT2D eigenvalue weighted by Crippen LogP contribution is 2.42. The fraction of sp³-hybridized carbons (Fsp3) is 0.727. The maximum Gasteiger partial charge on any atom is 0.194 e. The second-order valence-electron chi connectivity index (χ2n) is 8.76. The third-order valence-electron chi connectivity index (χ3n) is 7.03. The lowest BCUT2D eigenvalue weighted by atomic mass is 9.69. The summed E-state index contributed by atoms with van der Waals surface area (Å²) >= 11 is 0. The van der Waals surface area contributed by atoms with Crippen molar-refractivity contribution in [3.8, 4) is 0 Å². The third kappa shape index (κ3) is 5.14. The molecule has 0 unspecified atom stereocenters. The molecule has 4 heteroatoms. The Kier molecular flexibility index (Phi) is 7.25. The summed E-state index contributed by atoms with van der Waals surface area (Å²) in [4.78, 5) is 0. The monoisotopic (exact) mass is 382 g/mol. The Hall–Kier alpha value is -0.773. The number of benzene rings is 1. The normalized spacial score (nSPS) is 30.2. The Bertz CT molecular complexity index is 550. The second-order valence-corrected chi connectivity index (χ2v) is 10.7. The molecule has 3 rings (SSSR count). The molecule has 0 atom stereocenters. The molecule has 1 aromatic rings. The van der Waals surface area contributed by atoms with Crippen LogP contribution in [0.2, 0.25) is 6.04 Å². The average Bonchev–Trinajstić information content (AvgIpc) is 2.66. The van der Waals surface area contributed by atoms with Gasteiger partial charge in [0.2, 0.25) is 0 Å². The van der Waals surface area contributed by atoms with Crippen LogP contribution in [-0.4, -0.2) is 9.52 Å². The van der Waals surface area contributed by atoms with Crippen molar-refractivity contribution in [1.29, 1.82) is 0 Å². The van der Waals surface area contributed by atoms with Gasteiger partial charge in [0.15, 0.2) is 17.5 Å². The topological polar surface area (TPSA) is 0 Å². The fourth-order valence-corrected chi connectivity index (χ4v) is 7.39. The van der Waals surface area contributed by atoms with E-state index in [0.717, 1.165) is 29.0 Å². The molecule has 146 valence electrons. The van der Waals surface area contributed by atoms with Crippen LogP contribution >= 0.6 is 0 Å². The smallest absolute Gasteiger partial charge is 0.194 e. The van der Waals surface area contributed by atoms with Crippen LogP contribution in [0.5, 0.6) is 0 Å². The van der Waals surface area contributed by atoms with E-state index in [4.69, 9.17) is 0 Å². The van der Waals surface area contributed by atoms with Gasteiger partial charge in [0, 0.05) is 0 Å². The predicted molar refractivity (Wildman–Crippen MR) is 105 cm³/mol. The Balaban J connectivity index is 1.40. The summed E-state index contributed by atoms with van der Waals surface area (Å²) in [6.07, 6.45) is 13.7. The van der Waals surface area contributed by atoms with Crippen LogP contribution in [0.1, 0.15) is 71.1 Å². The summed E-state index contributed by atoms with van der Waals surface area (Å²) in [5.41, 5.74) is 0. The molecule has 0 radical (unpaired) electrons. The summed E-state index contributed by atoms with van der Waals surface area (Å²) in [6.45, 7) is 2.30. The van der Waals surface area contributed by atoms with Crippen molar-refractivity contribution in [3.05, 3.63) is 29.6 Å². The molecule has 0 bridgehead atoms. The fourth-order valence-electron chi connectivity index (χ4n) is 5.43. The lowest BCUT2D eigenvalue weighted by Gasteiger charge is -2.38. The van der Waals surface area contributed by atoms with Gasteiger partial charge in [-0.05, 0) is 61.5 Å². The van der Waals surface area contributed by atoms with Crippen molar-refractivity contribution < 1.29 is 13.2 Å². The Labute approximate surface area is 158 Å². The van der Waals surface area contributed by atoms with E-state index in [9.17, 15) is 13.2 Å². The molecule has 1 aromatic carbocycles. The van der Waals surface area contributed by atoms with E-state index < -0.39 is 27.0 Å². The van der Waals surface area contributed by atoms with Gasteiger partial charge in [-0.3, -0.25) is 0 Å². The average molecular weight is 383 g/mol. The zero-order valence-corrected chi connectivity index (χ0v) is 17.5. The first kappa shape index (κ1) is 20.0. The zero-order chi connectivity index (χ0) is 18.5. The maximum atomic E-state index is 13.3. The molecule has 0 saturated heterocycles. The van der Waals surface area contributed by atoms with Crippen molar-refractivity contribution in [2.75, 3.05) is 0 Å². The third-order valence-corrected chi connectivity index (χ3v) is 9.12. The first-order valence-corrected chi connectivity index (χ1v) is 12.4. The highest BCUT2D eigenvalue weighted by atomic mass is 28.2. The van der Waals surface area contributed by atoms with E-state index in [1.807, 2.05) is 0 Å². The summed E-state index contributed by atoms with van der Waals surface area (Å²) < 4.78 is 39.7. The molecule has 2 saturated carbocycles. The molecule has 0 heterocycles. The van der Waals surface area contributed by atoms with Crippen molar-refractivity contribution in [2.24, 2.45) is 23.7 Å². The van der Waals surface area contributed by atoms with E-state index in [2.05, 4.69) is 6.92 Å². The van der Waals surface area contributed by atoms with E-state index in [-0.39, 0.29) is 0 Å². The van der Waals surface area contributed by atoms with Crippen molar-refractivity contribution in [2.45, 2.75) is 77.2 Å². The maximum absolute atomic E-state index is 13.3. The zero-order valence-electron chi connectivity index (χ0n) is 16.1. The van der Waals surface area contributed by atoms with E-state index in [1.165, 1.54) is 76.3 Å². The summed E-state index contributed by atoms with van der Waals surface area (Å²) in [5.74, 6) is 0.153. The molecule has 2 aliphatic rings. The van der Waals surface area contributed by atoms with Gasteiger partial charge in [0.05, 0.1) is 9.52 Å². The molecule has 2 aliphatic carbocycles. The van der Waals surface area contributed by atoms with Gasteiger partial charge in [-0.2, -0.15) is 0 Å². The standard InChI is InChI=1S/C22H33F3Si/c1-2-3-15-4-8-17(9-5-15)18-10-6-16(7-11-18)14-26-19-12-20(23)22(25)21(24)13-19/h12-13,15-18H,2-11,14,26H2,1H3/t15-,16-,17-,18-. The number of rotatable bonds is 6. The largest absolute Gasteiger partial charge is 0.204 e. The SMILES string of the molecule is CCC[C@H]1CC[C@H]([C@H]2CC[C@H](C[SiH2]c3cc(F)c(F)c(F)c3)CC2)CC1. The van der Waals surface area contributed by atoms with Crippen LogP contribution in [0.4, 0.5) is 13.2 Å². The highest BCUT2D eigenvalue weighted by Gasteiger charge is 2.30. The molecule has 0 nitrogen and oxygen atoms in total. The van der Waals surface area contributed by atoms with Crippen LogP contribution in [0.25, 0.3) is 0 Å². The lowest BCUT2D eigenvalue weighted by molar-refractivity contribution is 0.147. The summed E-state index contributed by atoms with van der Waals surface area (Å²) in [6, 6.07) is 3.52. The van der Waals surface area contributed by atoms with Crippen LogP contribution in [0.15, 0.2) is 12.1 Å². The van der Waals surface area contributed by atoms with Gasteiger partial charge in [-0.25, -0.2) is 13.2 Å². The lowest BCUT2D eigenvalue weighted by Crippen LogP contribution is -2.27. The molecule has 26 heavy (non-hydrogen) atoms. The Morgan fingerprint density at radius 1 is 0.808 bits per heavy atom. The molecular weight excluding hydrogens is 349 g/mol. The first-order valence-electron chi connectivity index (χ1n) is 10.7. The number of halogens is 3. The molecule has 0 N–H and O–H groups in total. The van der Waals surface area contributed by atoms with Gasteiger partial charge in [0.25, 0.3) is 0 Å². The molecular formula is C22H33F3Si. The van der Waals surface area contributed by atoms with Gasteiger partial charge in [-0.15, -0.1) is 0 Å². The Morgan fingerprint density at radius 2 is 1.31 bits per heavy atom. The van der Waals surface area contributed by atoms with Gasteiger partial charge in [-0.1, -0.05) is 56.7 Å². The van der Waals surface area contributed by atoms with Gasteiger partial charge >= 0.3 is 0 Å². The van der Waals surface area contributed by atoms with Crippen LogP contribution in [0, 0.1) is 41.1 Å². The van der Waals surface area contributed by atoms with Crippen LogP contribution < -0.4 is 5.19 Å². The molecule has 0 spiro atoms. The minimum absolute atomic E-state index is 0.713. The van der Waals surface area contributed by atoms with E-state index in [0.29, 0.717) is 5.92 Å².